The fourth-order valence-electron chi connectivity index (χ4n) is 3.84. The van der Waals surface area contributed by atoms with Crippen molar-refractivity contribution in [3.63, 3.8) is 0 Å². The molecule has 2 unspecified atom stereocenters. The van der Waals surface area contributed by atoms with Crippen LogP contribution in [0.1, 0.15) is 46.9 Å². The molecule has 0 saturated carbocycles. The van der Waals surface area contributed by atoms with E-state index in [2.05, 4.69) is 0 Å². The Balaban J connectivity index is 1.64. The second kappa shape index (κ2) is 7.24. The Bertz CT molecular complexity index is 893. The Kier molecular flexibility index (Phi) is 5.29. The Morgan fingerprint density at radius 1 is 0.577 bits per heavy atom. The van der Waals surface area contributed by atoms with Gasteiger partial charge in [-0.1, -0.05) is 93.9 Å². The largest absolute Gasteiger partial charge is 0.0868 e. The number of hydrogen-bond donors (Lipinski definition) is 0. The van der Waals surface area contributed by atoms with Crippen molar-refractivity contribution in [2.45, 2.75) is 24.7 Å². The van der Waals surface area contributed by atoms with E-state index in [-0.39, 0.29) is 11.8 Å². The summed E-state index contributed by atoms with van der Waals surface area (Å²) in [6, 6.07) is 11.5. The predicted octanol–water partition coefficient (Wildman–Crippen LogP) is 8.96. The zero-order valence-electron chi connectivity index (χ0n) is 13.3. The normalized spacial score (nSPS) is 21.5. The van der Waals surface area contributed by atoms with Crippen LogP contribution in [-0.2, 0) is 0 Å². The summed E-state index contributed by atoms with van der Waals surface area (Å²) in [6.45, 7) is 0. The number of benzene rings is 2. The average Bonchev–Trinajstić information content (AvgIpc) is 3.01. The highest BCUT2D eigenvalue weighted by Gasteiger charge is 2.35. The van der Waals surface area contributed by atoms with Crippen LogP contribution in [-0.4, -0.2) is 0 Å². The van der Waals surface area contributed by atoms with Gasteiger partial charge in [-0.15, -0.1) is 0 Å². The van der Waals surface area contributed by atoms with E-state index in [0.717, 1.165) is 35.1 Å². The molecule has 0 nitrogen and oxygen atoms in total. The summed E-state index contributed by atoms with van der Waals surface area (Å²) in [5, 5.41) is 3.56. The molecule has 0 fully saturated rings. The van der Waals surface area contributed by atoms with Crippen LogP contribution in [0.3, 0.4) is 0 Å². The van der Waals surface area contributed by atoms with E-state index < -0.39 is 0 Å². The molecule has 0 spiro atoms. The monoisotopic (exact) mass is 462 g/mol. The lowest BCUT2D eigenvalue weighted by Gasteiger charge is -2.18. The maximum absolute atomic E-state index is 6.54. The zero-order chi connectivity index (χ0) is 18.6. The molecule has 0 aliphatic heterocycles. The molecule has 134 valence electrons. The van der Waals surface area contributed by atoms with E-state index in [1.807, 2.05) is 36.4 Å². The van der Waals surface area contributed by atoms with Gasteiger partial charge in [0, 0.05) is 43.1 Å². The fourth-order valence-corrected chi connectivity index (χ4v) is 5.82. The van der Waals surface area contributed by atoms with Crippen molar-refractivity contribution in [2.24, 2.45) is 0 Å². The number of hydrogen-bond acceptors (Lipinski definition) is 0. The summed E-state index contributed by atoms with van der Waals surface area (Å²) < 4.78 is 0. The molecule has 2 aliphatic carbocycles. The molecule has 4 rings (SSSR count). The van der Waals surface area contributed by atoms with Gasteiger partial charge in [-0.2, -0.15) is 0 Å². The van der Waals surface area contributed by atoms with Crippen molar-refractivity contribution in [1.29, 1.82) is 0 Å². The summed E-state index contributed by atoms with van der Waals surface area (Å²) in [5.74, 6) is 0.00804. The van der Waals surface area contributed by atoms with Crippen LogP contribution in [0, 0.1) is 0 Å². The van der Waals surface area contributed by atoms with Crippen molar-refractivity contribution in [2.75, 3.05) is 0 Å². The van der Waals surface area contributed by atoms with Crippen molar-refractivity contribution in [1.82, 2.24) is 0 Å². The van der Waals surface area contributed by atoms with E-state index in [9.17, 15) is 0 Å². The lowest BCUT2D eigenvalue weighted by Crippen LogP contribution is -2.02. The number of rotatable bonds is 3. The van der Waals surface area contributed by atoms with Gasteiger partial charge in [-0.3, -0.25) is 0 Å². The van der Waals surface area contributed by atoms with E-state index in [1.54, 1.807) is 0 Å². The molecule has 0 heterocycles. The molecule has 2 aliphatic rings. The number of fused-ring (bicyclic) bond motifs is 2. The molecule has 0 aromatic heterocycles. The summed E-state index contributed by atoms with van der Waals surface area (Å²) >= 11 is 38.6. The molecule has 0 amide bonds. The van der Waals surface area contributed by atoms with Gasteiger partial charge in [0.25, 0.3) is 0 Å². The van der Waals surface area contributed by atoms with Crippen LogP contribution >= 0.6 is 69.6 Å². The molecule has 0 saturated heterocycles. The van der Waals surface area contributed by atoms with Crippen LogP contribution in [0.25, 0.3) is 10.1 Å². The first-order valence-electron chi connectivity index (χ1n) is 8.09. The third-order valence-corrected chi connectivity index (χ3v) is 7.57. The van der Waals surface area contributed by atoms with Gasteiger partial charge in [0.05, 0.1) is 10.1 Å². The summed E-state index contributed by atoms with van der Waals surface area (Å²) in [7, 11) is 0. The van der Waals surface area contributed by atoms with Crippen LogP contribution < -0.4 is 0 Å². The lowest BCUT2D eigenvalue weighted by molar-refractivity contribution is 0.632. The Morgan fingerprint density at radius 2 is 0.962 bits per heavy atom. The van der Waals surface area contributed by atoms with Crippen molar-refractivity contribution in [3.05, 3.63) is 78.8 Å². The van der Waals surface area contributed by atoms with Gasteiger partial charge in [-0.05, 0) is 36.1 Å². The summed E-state index contributed by atoms with van der Waals surface area (Å²) in [5.41, 5.74) is 3.78. The minimum Gasteiger partial charge on any atom is -0.0868 e. The third-order valence-electron chi connectivity index (χ3n) is 5.06. The van der Waals surface area contributed by atoms with Crippen molar-refractivity contribution < 1.29 is 0 Å². The quantitative estimate of drug-likeness (QED) is 0.425. The minimum atomic E-state index is 0.00402. The van der Waals surface area contributed by atoms with E-state index in [1.165, 1.54) is 0 Å². The first-order chi connectivity index (χ1) is 12.4. The minimum absolute atomic E-state index is 0.00402. The van der Waals surface area contributed by atoms with E-state index in [4.69, 9.17) is 69.6 Å². The standard InChI is InChI=1S/C20H12Cl6/c21-13-5-1-3-9-11(17(23)19(25)15(9)13)7-8-12-10-4-2-6-14(22)16(10)20(26)18(12)24/h1-6,11-12H,7-8H2. The van der Waals surface area contributed by atoms with Gasteiger partial charge < -0.3 is 0 Å². The zero-order valence-corrected chi connectivity index (χ0v) is 17.8. The maximum Gasteiger partial charge on any atom is 0.0647 e. The smallest absolute Gasteiger partial charge is 0.0647 e. The molecule has 2 aromatic rings. The third kappa shape index (κ3) is 2.91. The average molecular weight is 465 g/mol. The molecular weight excluding hydrogens is 453 g/mol. The molecule has 0 N–H and O–H groups in total. The molecule has 2 atom stereocenters. The Hall–Kier alpha value is -0.340. The summed E-state index contributed by atoms with van der Waals surface area (Å²) in [4.78, 5) is 0. The first kappa shape index (κ1) is 19.0. The second-order valence-corrected chi connectivity index (χ2v) is 8.80. The predicted molar refractivity (Wildman–Crippen MR) is 115 cm³/mol. The van der Waals surface area contributed by atoms with Crippen LogP contribution in [0.15, 0.2) is 46.5 Å². The Morgan fingerprint density at radius 3 is 1.35 bits per heavy atom. The van der Waals surface area contributed by atoms with Gasteiger partial charge in [0.1, 0.15) is 0 Å². The van der Waals surface area contributed by atoms with E-state index >= 15 is 0 Å². The molecule has 2 aromatic carbocycles. The Labute approximate surface area is 182 Å². The highest BCUT2D eigenvalue weighted by atomic mass is 35.5. The van der Waals surface area contributed by atoms with Gasteiger partial charge >= 0.3 is 0 Å². The molecule has 0 radical (unpaired) electrons. The van der Waals surface area contributed by atoms with Gasteiger partial charge in [0.2, 0.25) is 0 Å². The fraction of sp³-hybridized carbons (Fsp3) is 0.200. The summed E-state index contributed by atoms with van der Waals surface area (Å²) in [6.07, 6.45) is 1.55. The van der Waals surface area contributed by atoms with Crippen molar-refractivity contribution in [3.8, 4) is 0 Å². The highest BCUT2D eigenvalue weighted by Crippen LogP contribution is 2.54. The van der Waals surface area contributed by atoms with E-state index in [0.29, 0.717) is 30.2 Å². The molecular formula is C20H12Cl6. The van der Waals surface area contributed by atoms with Crippen LogP contribution in [0.2, 0.25) is 10.0 Å². The topological polar surface area (TPSA) is 0 Å². The highest BCUT2D eigenvalue weighted by molar-refractivity contribution is 6.57. The lowest BCUT2D eigenvalue weighted by atomic mass is 9.89. The maximum atomic E-state index is 6.54. The number of allylic oxidation sites excluding steroid dienone is 2. The molecule has 0 bridgehead atoms. The van der Waals surface area contributed by atoms with Gasteiger partial charge in [0.15, 0.2) is 0 Å². The van der Waals surface area contributed by atoms with Crippen LogP contribution in [0.5, 0.6) is 0 Å². The molecule has 26 heavy (non-hydrogen) atoms. The van der Waals surface area contributed by atoms with Crippen LogP contribution in [0.4, 0.5) is 0 Å². The first-order valence-corrected chi connectivity index (χ1v) is 10.4. The van der Waals surface area contributed by atoms with Crippen molar-refractivity contribution >= 4 is 79.7 Å². The number of halogens is 6. The SMILES string of the molecule is ClC1=C(Cl)C(CCC2C(Cl)=C(Cl)c3c(Cl)cccc32)c2cccc(Cl)c21. The van der Waals surface area contributed by atoms with Gasteiger partial charge in [-0.25, -0.2) is 0 Å². The second-order valence-electron chi connectivity index (χ2n) is 6.41. The molecule has 6 heteroatoms.